The predicted octanol–water partition coefficient (Wildman–Crippen LogP) is 3.01. The Morgan fingerprint density at radius 3 is 2.75 bits per heavy atom. The highest BCUT2D eigenvalue weighted by atomic mass is 35.5. The lowest BCUT2D eigenvalue weighted by Crippen LogP contribution is -2.26. The molecule has 0 saturated carbocycles. The number of hydrogen-bond donors (Lipinski definition) is 0. The SMILES string of the molecule is Cc1ncsc1CN(C)S(=O)(=O)c1cccc(CCl)c1. The molecule has 1 aromatic heterocycles. The van der Waals surface area contributed by atoms with Crippen LogP contribution in [0.4, 0.5) is 0 Å². The number of rotatable bonds is 5. The van der Waals surface area contributed by atoms with Crippen LogP contribution in [0.5, 0.6) is 0 Å². The molecule has 0 N–H and O–H groups in total. The maximum absolute atomic E-state index is 12.5. The first-order valence-corrected chi connectivity index (χ1v) is 8.81. The smallest absolute Gasteiger partial charge is 0.243 e. The van der Waals surface area contributed by atoms with E-state index in [0.29, 0.717) is 12.4 Å². The molecule has 0 saturated heterocycles. The Morgan fingerprint density at radius 1 is 1.40 bits per heavy atom. The van der Waals surface area contributed by atoms with E-state index in [-0.39, 0.29) is 4.90 Å². The second-order valence-corrected chi connectivity index (χ2v) is 7.65. The summed E-state index contributed by atoms with van der Waals surface area (Å²) in [4.78, 5) is 5.34. The number of benzene rings is 1. The van der Waals surface area contributed by atoms with Crippen LogP contribution in [0.3, 0.4) is 0 Å². The topological polar surface area (TPSA) is 50.3 Å². The molecular weight excluding hydrogens is 316 g/mol. The van der Waals surface area contributed by atoms with Gasteiger partial charge in [0.1, 0.15) is 0 Å². The van der Waals surface area contributed by atoms with Crippen molar-refractivity contribution in [3.8, 4) is 0 Å². The van der Waals surface area contributed by atoms with Gasteiger partial charge in [0.25, 0.3) is 0 Å². The van der Waals surface area contributed by atoms with E-state index >= 15 is 0 Å². The van der Waals surface area contributed by atoms with Crippen LogP contribution in [-0.2, 0) is 22.4 Å². The second kappa shape index (κ2) is 6.22. The minimum Gasteiger partial charge on any atom is -0.250 e. The Bertz CT molecular complexity index is 698. The molecule has 0 amide bonds. The van der Waals surface area contributed by atoms with Crippen LogP contribution in [-0.4, -0.2) is 24.8 Å². The first-order chi connectivity index (χ1) is 9.45. The van der Waals surface area contributed by atoms with Crippen LogP contribution < -0.4 is 0 Å². The van der Waals surface area contributed by atoms with Gasteiger partial charge in [0, 0.05) is 24.3 Å². The third-order valence-electron chi connectivity index (χ3n) is 2.97. The van der Waals surface area contributed by atoms with E-state index in [1.807, 2.05) is 6.92 Å². The van der Waals surface area contributed by atoms with Crippen LogP contribution in [0.25, 0.3) is 0 Å². The molecule has 0 spiro atoms. The van der Waals surface area contributed by atoms with Crippen LogP contribution in [0.15, 0.2) is 34.7 Å². The van der Waals surface area contributed by atoms with Gasteiger partial charge in [0.15, 0.2) is 0 Å². The molecule has 2 rings (SSSR count). The molecule has 1 aromatic carbocycles. The summed E-state index contributed by atoms with van der Waals surface area (Å²) in [5.74, 6) is 0.293. The van der Waals surface area contributed by atoms with Crippen LogP contribution in [0.2, 0.25) is 0 Å². The van der Waals surface area contributed by atoms with Gasteiger partial charge in [0.2, 0.25) is 10.0 Å². The largest absolute Gasteiger partial charge is 0.250 e. The predicted molar refractivity (Wildman–Crippen MR) is 81.5 cm³/mol. The fraction of sp³-hybridized carbons (Fsp3) is 0.308. The van der Waals surface area contributed by atoms with E-state index in [9.17, 15) is 8.42 Å². The van der Waals surface area contributed by atoms with Gasteiger partial charge >= 0.3 is 0 Å². The summed E-state index contributed by atoms with van der Waals surface area (Å²) >= 11 is 7.21. The highest BCUT2D eigenvalue weighted by Crippen LogP contribution is 2.21. The van der Waals surface area contributed by atoms with Crippen molar-refractivity contribution in [3.63, 3.8) is 0 Å². The number of sulfonamides is 1. The number of alkyl halides is 1. The van der Waals surface area contributed by atoms with Crippen molar-refractivity contribution < 1.29 is 8.42 Å². The van der Waals surface area contributed by atoms with Crippen molar-refractivity contribution in [1.82, 2.24) is 9.29 Å². The molecule has 7 heteroatoms. The van der Waals surface area contributed by atoms with Crippen LogP contribution in [0.1, 0.15) is 16.1 Å². The van der Waals surface area contributed by atoms with Crippen molar-refractivity contribution in [2.45, 2.75) is 24.2 Å². The molecule has 4 nitrogen and oxygen atoms in total. The monoisotopic (exact) mass is 330 g/mol. The zero-order valence-electron chi connectivity index (χ0n) is 11.2. The first kappa shape index (κ1) is 15.4. The van der Waals surface area contributed by atoms with E-state index in [1.54, 1.807) is 36.8 Å². The molecular formula is C13H15ClN2O2S2. The Kier molecular flexibility index (Phi) is 4.80. The molecule has 0 radical (unpaired) electrons. The third kappa shape index (κ3) is 3.20. The van der Waals surface area contributed by atoms with Crippen LogP contribution >= 0.6 is 22.9 Å². The van der Waals surface area contributed by atoms with Gasteiger partial charge in [-0.25, -0.2) is 13.4 Å². The Labute approximate surface area is 128 Å². The Balaban J connectivity index is 2.27. The molecule has 0 fully saturated rings. The summed E-state index contributed by atoms with van der Waals surface area (Å²) in [7, 11) is -1.94. The van der Waals surface area contributed by atoms with Gasteiger partial charge < -0.3 is 0 Å². The van der Waals surface area contributed by atoms with Gasteiger partial charge in [-0.1, -0.05) is 12.1 Å². The third-order valence-corrected chi connectivity index (χ3v) is 6.00. The standard InChI is InChI=1S/C13H15ClN2O2S2/c1-10-13(19-9-15-10)8-16(2)20(17,18)12-5-3-4-11(6-12)7-14/h3-6,9H,7-8H2,1-2H3. The maximum Gasteiger partial charge on any atom is 0.243 e. The molecule has 0 unspecified atom stereocenters. The van der Waals surface area contributed by atoms with Crippen molar-refractivity contribution in [2.24, 2.45) is 0 Å². The van der Waals surface area contributed by atoms with Crippen molar-refractivity contribution in [2.75, 3.05) is 7.05 Å². The summed E-state index contributed by atoms with van der Waals surface area (Å²) in [6.07, 6.45) is 0. The first-order valence-electron chi connectivity index (χ1n) is 5.95. The van der Waals surface area contributed by atoms with E-state index in [4.69, 9.17) is 11.6 Å². The van der Waals surface area contributed by atoms with Crippen LogP contribution in [0, 0.1) is 6.92 Å². The second-order valence-electron chi connectivity index (χ2n) is 4.40. The molecule has 0 aliphatic rings. The zero-order valence-corrected chi connectivity index (χ0v) is 13.6. The lowest BCUT2D eigenvalue weighted by Gasteiger charge is -2.17. The van der Waals surface area contributed by atoms with Gasteiger partial charge in [-0.05, 0) is 24.6 Å². The summed E-state index contributed by atoms with van der Waals surface area (Å²) in [6.45, 7) is 2.20. The lowest BCUT2D eigenvalue weighted by atomic mass is 10.2. The van der Waals surface area contributed by atoms with Gasteiger partial charge in [-0.2, -0.15) is 4.31 Å². The number of aryl methyl sites for hydroxylation is 1. The number of hydrogen-bond acceptors (Lipinski definition) is 4. The minimum absolute atomic E-state index is 0.264. The van der Waals surface area contributed by atoms with Crippen molar-refractivity contribution >= 4 is 33.0 Å². The molecule has 20 heavy (non-hydrogen) atoms. The summed E-state index contributed by atoms with van der Waals surface area (Å²) in [5.41, 5.74) is 3.38. The number of halogens is 1. The van der Waals surface area contributed by atoms with Crippen molar-refractivity contribution in [1.29, 1.82) is 0 Å². The van der Waals surface area contributed by atoms with E-state index in [2.05, 4.69) is 4.98 Å². The molecule has 2 aromatic rings. The normalized spacial score (nSPS) is 12.0. The number of aromatic nitrogens is 1. The highest BCUT2D eigenvalue weighted by molar-refractivity contribution is 7.89. The number of nitrogens with zero attached hydrogens (tertiary/aromatic N) is 2. The fourth-order valence-electron chi connectivity index (χ4n) is 1.73. The minimum atomic E-state index is -3.51. The highest BCUT2D eigenvalue weighted by Gasteiger charge is 2.22. The van der Waals surface area contributed by atoms with Gasteiger partial charge in [-0.3, -0.25) is 0 Å². The average molecular weight is 331 g/mol. The summed E-state index contributed by atoms with van der Waals surface area (Å²) in [6, 6.07) is 6.70. The Hall–Kier alpha value is -0.950. The fourth-order valence-corrected chi connectivity index (χ4v) is 4.02. The lowest BCUT2D eigenvalue weighted by molar-refractivity contribution is 0.468. The molecule has 0 aliphatic carbocycles. The zero-order chi connectivity index (χ0) is 14.8. The van der Waals surface area contributed by atoms with E-state index < -0.39 is 10.0 Å². The van der Waals surface area contributed by atoms with E-state index in [0.717, 1.165) is 16.1 Å². The van der Waals surface area contributed by atoms with Crippen molar-refractivity contribution in [3.05, 3.63) is 45.9 Å². The maximum atomic E-state index is 12.5. The molecule has 108 valence electrons. The molecule has 1 heterocycles. The van der Waals surface area contributed by atoms with E-state index in [1.165, 1.54) is 15.6 Å². The molecule has 0 atom stereocenters. The van der Waals surface area contributed by atoms with Gasteiger partial charge in [0.05, 0.1) is 16.1 Å². The molecule has 0 bridgehead atoms. The number of thiazole rings is 1. The summed E-state index contributed by atoms with van der Waals surface area (Å²) < 4.78 is 26.3. The quantitative estimate of drug-likeness (QED) is 0.792. The van der Waals surface area contributed by atoms with Gasteiger partial charge in [-0.15, -0.1) is 22.9 Å². The Morgan fingerprint density at radius 2 is 2.15 bits per heavy atom. The summed E-state index contributed by atoms with van der Waals surface area (Å²) in [5, 5.41) is 0. The average Bonchev–Trinajstić information content (AvgIpc) is 2.84. The molecule has 0 aliphatic heterocycles.